The van der Waals surface area contributed by atoms with Gasteiger partial charge in [0.05, 0.1) is 23.7 Å². The summed E-state index contributed by atoms with van der Waals surface area (Å²) in [5.74, 6) is -2.20. The average Bonchev–Trinajstić information content (AvgIpc) is 2.82. The molecule has 0 atom stereocenters. The van der Waals surface area contributed by atoms with Gasteiger partial charge < -0.3 is 14.6 Å². The third-order valence-electron chi connectivity index (χ3n) is 5.17. The lowest BCUT2D eigenvalue weighted by Gasteiger charge is -2.13. The first kappa shape index (κ1) is 22.8. The third kappa shape index (κ3) is 4.54. The van der Waals surface area contributed by atoms with Crippen molar-refractivity contribution in [2.45, 2.75) is 13.5 Å². The Kier molecular flexibility index (Phi) is 6.18. The number of aryl methyl sites for hydroxylation is 1. The lowest BCUT2D eigenvalue weighted by molar-refractivity contribution is -0.116. The van der Waals surface area contributed by atoms with Crippen LogP contribution in [0.15, 0.2) is 65.6 Å². The summed E-state index contributed by atoms with van der Waals surface area (Å²) in [5, 5.41) is 2.45. The fourth-order valence-corrected chi connectivity index (χ4v) is 3.48. The van der Waals surface area contributed by atoms with E-state index in [4.69, 9.17) is 4.74 Å². The fourth-order valence-electron chi connectivity index (χ4n) is 3.48. The summed E-state index contributed by atoms with van der Waals surface area (Å²) >= 11 is 0. The Morgan fingerprint density at radius 2 is 1.79 bits per heavy atom. The monoisotopic (exact) mass is 463 g/mol. The second-order valence-electron chi connectivity index (χ2n) is 7.55. The number of halogens is 2. The van der Waals surface area contributed by atoms with Crippen LogP contribution in [0.25, 0.3) is 11.0 Å². The number of ketones is 1. The number of pyridine rings is 2. The molecule has 0 bridgehead atoms. The van der Waals surface area contributed by atoms with Crippen molar-refractivity contribution >= 4 is 28.4 Å². The molecule has 0 spiro atoms. The predicted molar refractivity (Wildman–Crippen MR) is 122 cm³/mol. The van der Waals surface area contributed by atoms with E-state index in [1.807, 2.05) is 0 Å². The van der Waals surface area contributed by atoms with E-state index in [1.54, 1.807) is 25.1 Å². The van der Waals surface area contributed by atoms with Gasteiger partial charge in [-0.2, -0.15) is 0 Å². The van der Waals surface area contributed by atoms with Crippen molar-refractivity contribution in [3.63, 3.8) is 0 Å². The molecule has 0 fully saturated rings. The zero-order valence-electron chi connectivity index (χ0n) is 18.3. The summed E-state index contributed by atoms with van der Waals surface area (Å²) in [5.41, 5.74) is 0.0194. The number of nitrogens with zero attached hydrogens (tertiary/aromatic N) is 2. The molecule has 2 heterocycles. The van der Waals surface area contributed by atoms with Crippen molar-refractivity contribution in [3.8, 4) is 5.75 Å². The summed E-state index contributed by atoms with van der Waals surface area (Å²) < 4.78 is 33.8. The second-order valence-corrected chi connectivity index (χ2v) is 7.55. The molecule has 2 aromatic heterocycles. The number of carbonyl (C=O) groups excluding carboxylic acids is 2. The first-order chi connectivity index (χ1) is 16.3. The van der Waals surface area contributed by atoms with E-state index >= 15 is 0 Å². The van der Waals surface area contributed by atoms with Crippen molar-refractivity contribution < 1.29 is 23.1 Å². The summed E-state index contributed by atoms with van der Waals surface area (Å²) in [6.45, 7) is 1.32. The molecule has 0 saturated carbocycles. The lowest BCUT2D eigenvalue weighted by Crippen LogP contribution is -2.25. The first-order valence-corrected chi connectivity index (χ1v) is 10.2. The summed E-state index contributed by atoms with van der Waals surface area (Å²) in [7, 11) is 1.49. The smallest absolute Gasteiger partial charge is 0.244 e. The van der Waals surface area contributed by atoms with Gasteiger partial charge in [0, 0.05) is 23.5 Å². The van der Waals surface area contributed by atoms with Gasteiger partial charge in [-0.1, -0.05) is 0 Å². The van der Waals surface area contributed by atoms with Crippen molar-refractivity contribution in [2.24, 2.45) is 0 Å². The molecule has 1 N–H and O–H groups in total. The fraction of sp³-hybridized carbons (Fsp3) is 0.120. The van der Waals surface area contributed by atoms with Crippen molar-refractivity contribution in [1.29, 1.82) is 0 Å². The van der Waals surface area contributed by atoms with Gasteiger partial charge in [-0.05, 0) is 55.5 Å². The molecule has 9 heteroatoms. The van der Waals surface area contributed by atoms with Gasteiger partial charge in [-0.15, -0.1) is 0 Å². The van der Waals surface area contributed by atoms with E-state index in [0.29, 0.717) is 11.4 Å². The Morgan fingerprint density at radius 1 is 1.06 bits per heavy atom. The molecule has 0 unspecified atom stereocenters. The predicted octanol–water partition coefficient (Wildman–Crippen LogP) is 3.86. The van der Waals surface area contributed by atoms with Gasteiger partial charge in [0.25, 0.3) is 0 Å². The van der Waals surface area contributed by atoms with Gasteiger partial charge in [0.15, 0.2) is 5.78 Å². The minimum atomic E-state index is -0.802. The number of ether oxygens (including phenoxy) is 1. The summed E-state index contributed by atoms with van der Waals surface area (Å²) in [6, 6.07) is 12.1. The number of methoxy groups -OCH3 is 1. The Balaban J connectivity index is 1.75. The number of nitrogens with one attached hydrogen (secondary N) is 1. The highest BCUT2D eigenvalue weighted by atomic mass is 19.1. The van der Waals surface area contributed by atoms with E-state index in [-0.39, 0.29) is 27.8 Å². The van der Waals surface area contributed by atoms with Crippen LogP contribution >= 0.6 is 0 Å². The van der Waals surface area contributed by atoms with E-state index in [2.05, 4.69) is 10.3 Å². The van der Waals surface area contributed by atoms with Crippen LogP contribution < -0.4 is 15.5 Å². The largest absolute Gasteiger partial charge is 0.497 e. The minimum absolute atomic E-state index is 0.148. The summed E-state index contributed by atoms with van der Waals surface area (Å²) in [4.78, 5) is 43.2. The van der Waals surface area contributed by atoms with Crippen molar-refractivity contribution in [1.82, 2.24) is 9.55 Å². The molecule has 1 amide bonds. The van der Waals surface area contributed by atoms with E-state index in [9.17, 15) is 23.2 Å². The molecule has 0 aliphatic rings. The van der Waals surface area contributed by atoms with Gasteiger partial charge in [0.1, 0.15) is 29.6 Å². The van der Waals surface area contributed by atoms with Gasteiger partial charge >= 0.3 is 0 Å². The van der Waals surface area contributed by atoms with Crippen LogP contribution in [0, 0.1) is 18.6 Å². The number of rotatable bonds is 6. The quantitative estimate of drug-likeness (QED) is 0.439. The highest BCUT2D eigenvalue weighted by Crippen LogP contribution is 2.18. The van der Waals surface area contributed by atoms with Crippen LogP contribution in [-0.2, 0) is 11.3 Å². The molecule has 172 valence electrons. The highest BCUT2D eigenvalue weighted by molar-refractivity contribution is 6.10. The average molecular weight is 463 g/mol. The molecule has 4 aromatic rings. The second kappa shape index (κ2) is 9.22. The van der Waals surface area contributed by atoms with Crippen LogP contribution in [0.2, 0.25) is 0 Å². The zero-order chi connectivity index (χ0) is 24.4. The standard InChI is InChI=1S/C25H19F2N3O4/c1-14-3-9-18-24(33)19(23(32)15-4-7-17(34-2)8-5-15)12-30(25(18)28-14)13-22(31)29-21-11-16(26)6-10-20(21)27/h3-12H,13H2,1-2H3,(H,29,31). The zero-order valence-corrected chi connectivity index (χ0v) is 18.3. The van der Waals surface area contributed by atoms with Gasteiger partial charge in [0.2, 0.25) is 11.3 Å². The van der Waals surface area contributed by atoms with Crippen molar-refractivity contribution in [2.75, 3.05) is 12.4 Å². The van der Waals surface area contributed by atoms with E-state index in [0.717, 1.165) is 18.2 Å². The number of anilines is 1. The maximum absolute atomic E-state index is 13.9. The number of aromatic nitrogens is 2. The lowest BCUT2D eigenvalue weighted by atomic mass is 10.0. The van der Waals surface area contributed by atoms with Gasteiger partial charge in [-0.3, -0.25) is 14.4 Å². The van der Waals surface area contributed by atoms with Gasteiger partial charge in [-0.25, -0.2) is 13.8 Å². The van der Waals surface area contributed by atoms with Crippen molar-refractivity contribution in [3.05, 3.63) is 99.5 Å². The topological polar surface area (TPSA) is 90.3 Å². The van der Waals surface area contributed by atoms with Crippen LogP contribution in [0.5, 0.6) is 5.75 Å². The van der Waals surface area contributed by atoms with Crippen LogP contribution in [0.3, 0.4) is 0 Å². The molecule has 0 radical (unpaired) electrons. The number of hydrogen-bond donors (Lipinski definition) is 1. The molecule has 7 nitrogen and oxygen atoms in total. The van der Waals surface area contributed by atoms with Crippen LogP contribution in [-0.4, -0.2) is 28.4 Å². The van der Waals surface area contributed by atoms with Crippen LogP contribution in [0.4, 0.5) is 14.5 Å². The highest BCUT2D eigenvalue weighted by Gasteiger charge is 2.19. The Morgan fingerprint density at radius 3 is 2.50 bits per heavy atom. The Hall–Kier alpha value is -4.40. The first-order valence-electron chi connectivity index (χ1n) is 10.2. The number of carbonyl (C=O) groups is 2. The molecule has 34 heavy (non-hydrogen) atoms. The molecule has 2 aromatic carbocycles. The number of hydrogen-bond acceptors (Lipinski definition) is 5. The molecule has 0 aliphatic carbocycles. The van der Waals surface area contributed by atoms with E-state index in [1.165, 1.54) is 36.1 Å². The van der Waals surface area contributed by atoms with E-state index < -0.39 is 35.3 Å². The molecular formula is C25H19F2N3O4. The number of benzene rings is 2. The van der Waals surface area contributed by atoms with Crippen LogP contribution in [0.1, 0.15) is 21.6 Å². The number of fused-ring (bicyclic) bond motifs is 1. The minimum Gasteiger partial charge on any atom is -0.497 e. The molecule has 4 rings (SSSR count). The Bertz CT molecular complexity index is 1480. The molecule has 0 saturated heterocycles. The maximum Gasteiger partial charge on any atom is 0.244 e. The summed E-state index contributed by atoms with van der Waals surface area (Å²) in [6.07, 6.45) is 1.26. The molecular weight excluding hydrogens is 444 g/mol. The maximum atomic E-state index is 13.9. The third-order valence-corrected chi connectivity index (χ3v) is 5.17. The Labute approximate surface area is 192 Å². The normalized spacial score (nSPS) is 10.8. The number of amides is 1. The SMILES string of the molecule is COc1ccc(C(=O)c2cn(CC(=O)Nc3cc(F)ccc3F)c3nc(C)ccc3c2=O)cc1. The molecule has 0 aliphatic heterocycles.